The van der Waals surface area contributed by atoms with Crippen LogP contribution >= 0.6 is 0 Å². The maximum atomic E-state index is 18.9. The number of anilines is 2. The van der Waals surface area contributed by atoms with Crippen molar-refractivity contribution in [1.82, 2.24) is 0 Å². The molecule has 0 atom stereocenters. The van der Waals surface area contributed by atoms with E-state index in [1.54, 1.807) is 12.1 Å². The molecule has 316 valence electrons. The van der Waals surface area contributed by atoms with Crippen LogP contribution < -0.4 is 17.5 Å². The number of halogens is 4. The summed E-state index contributed by atoms with van der Waals surface area (Å²) in [6.07, 6.45) is 16.9. The summed E-state index contributed by atoms with van der Waals surface area (Å²) in [4.78, 5) is 4.22. The third kappa shape index (κ3) is 6.63. The molecule has 0 unspecified atom stereocenters. The summed E-state index contributed by atoms with van der Waals surface area (Å²) in [5.74, 6) is -3.02. The van der Waals surface area contributed by atoms with Crippen LogP contribution in [0.25, 0.3) is 0 Å². The van der Waals surface area contributed by atoms with Crippen molar-refractivity contribution in [2.24, 2.45) is 0 Å². The van der Waals surface area contributed by atoms with Gasteiger partial charge < -0.3 is 0 Å². The molecule has 7 heteroatoms. The Morgan fingerprint density at radius 2 is 0.762 bits per heavy atom. The van der Waals surface area contributed by atoms with Gasteiger partial charge in [0.05, 0.1) is 0 Å². The topological polar surface area (TPSA) is 6.48 Å². The zero-order valence-electron chi connectivity index (χ0n) is 35.3. The van der Waals surface area contributed by atoms with Crippen molar-refractivity contribution in [2.45, 2.75) is 62.4 Å². The second kappa shape index (κ2) is 17.1. The van der Waals surface area contributed by atoms with Crippen LogP contribution in [0.1, 0.15) is 73.6 Å². The quantitative estimate of drug-likeness (QED) is 0.0999. The number of rotatable bonds is 10. The van der Waals surface area contributed by atoms with Crippen LogP contribution in [0.2, 0.25) is 0 Å². The normalized spacial score (nSPS) is 18.1. The van der Waals surface area contributed by atoms with Crippen molar-refractivity contribution >= 4 is 19.1 Å². The van der Waals surface area contributed by atoms with Gasteiger partial charge in [-0.05, 0) is 0 Å². The van der Waals surface area contributed by atoms with Crippen molar-refractivity contribution in [3.05, 3.63) is 235 Å². The maximum absolute atomic E-state index is 18.9. The number of nitrogens with zero attached hydrogens (tertiary/aromatic N) is 2. The van der Waals surface area contributed by atoms with Crippen LogP contribution in [0, 0.1) is 23.3 Å². The Hall–Kier alpha value is -5.69. The molecular formula is C56H50F4N2Ti. The fraction of sp³-hybridized carbons (Fsp3) is 0.214. The van der Waals surface area contributed by atoms with Crippen molar-refractivity contribution in [2.75, 3.05) is 22.9 Å². The molecule has 0 spiro atoms. The van der Waals surface area contributed by atoms with Gasteiger partial charge in [-0.3, -0.25) is 0 Å². The summed E-state index contributed by atoms with van der Waals surface area (Å²) in [5.41, 5.74) is 2.95. The molecule has 4 aliphatic rings. The Morgan fingerprint density at radius 3 is 1.08 bits per heavy atom. The minimum atomic E-state index is -5.27. The van der Waals surface area contributed by atoms with Gasteiger partial charge in [0.1, 0.15) is 0 Å². The third-order valence-corrected chi connectivity index (χ3v) is 22.2. The van der Waals surface area contributed by atoms with E-state index in [9.17, 15) is 0 Å². The van der Waals surface area contributed by atoms with Gasteiger partial charge in [-0.25, -0.2) is 0 Å². The molecule has 6 aromatic rings. The average molecular weight is 875 g/mol. The van der Waals surface area contributed by atoms with E-state index >= 15 is 17.6 Å². The molecule has 0 aromatic heterocycles. The van der Waals surface area contributed by atoms with Gasteiger partial charge >= 0.3 is 374 Å². The van der Waals surface area contributed by atoms with Crippen molar-refractivity contribution in [3.8, 4) is 0 Å². The predicted molar refractivity (Wildman–Crippen MR) is 245 cm³/mol. The van der Waals surface area contributed by atoms with E-state index in [2.05, 4.69) is 58.3 Å². The zero-order valence-corrected chi connectivity index (χ0v) is 36.9. The third-order valence-electron chi connectivity index (χ3n) is 14.2. The molecule has 2 nitrogen and oxygen atoms in total. The summed E-state index contributed by atoms with van der Waals surface area (Å²) in [7, 11) is 0. The molecule has 0 radical (unpaired) electrons. The Balaban J connectivity index is 1.25. The van der Waals surface area contributed by atoms with Crippen LogP contribution in [0.5, 0.6) is 0 Å². The molecule has 63 heavy (non-hydrogen) atoms. The summed E-state index contributed by atoms with van der Waals surface area (Å²) < 4.78 is 74.1. The SMILES string of the molecule is Fc1ccc(N2CCCCC2(c2ccccc2)c2ccccc2)c(F)[c]1[Ti]([C]1=CC=CC1)([C]1=CC=CC1)[c]1c(F)ccc(N2CCCCC2(c2ccccc2)c2ccccc2)c1F. The Bertz CT molecular complexity index is 2480. The average Bonchev–Trinajstić information content (AvgIpc) is 4.09. The van der Waals surface area contributed by atoms with E-state index < -0.39 is 50.9 Å². The number of benzene rings is 6. The van der Waals surface area contributed by atoms with Crippen molar-refractivity contribution < 1.29 is 34.2 Å². The Kier molecular flexibility index (Phi) is 11.2. The summed E-state index contributed by atoms with van der Waals surface area (Å²) in [6, 6.07) is 46.4. The van der Waals surface area contributed by atoms with Crippen LogP contribution in [0.15, 0.2) is 190 Å². The Morgan fingerprint density at radius 1 is 0.413 bits per heavy atom. The number of piperidine rings is 2. The molecule has 2 saturated heterocycles. The van der Waals surface area contributed by atoms with Gasteiger partial charge in [0, 0.05) is 0 Å². The van der Waals surface area contributed by atoms with Gasteiger partial charge in [-0.1, -0.05) is 0 Å². The first-order valence-electron chi connectivity index (χ1n) is 22.4. The fourth-order valence-corrected chi connectivity index (χ4v) is 19.9. The van der Waals surface area contributed by atoms with Crippen LogP contribution in [0.3, 0.4) is 0 Å². The van der Waals surface area contributed by atoms with Gasteiger partial charge in [-0.2, -0.15) is 0 Å². The van der Waals surface area contributed by atoms with E-state index in [1.165, 1.54) is 12.1 Å². The molecule has 2 fully saturated rings. The van der Waals surface area contributed by atoms with E-state index in [-0.39, 0.29) is 19.1 Å². The van der Waals surface area contributed by atoms with Crippen LogP contribution in [-0.2, 0) is 27.7 Å². The second-order valence-corrected chi connectivity index (χ2v) is 23.2. The number of hydrogen-bond acceptors (Lipinski definition) is 2. The van der Waals surface area contributed by atoms with E-state index in [1.807, 2.05) is 109 Å². The summed E-state index contributed by atoms with van der Waals surface area (Å²) in [6.45, 7) is 1.02. The first-order chi connectivity index (χ1) is 30.9. The standard InChI is InChI=1S/2C23H20F2N.2C5H5.Ti/c2*24-20-13-14-22(21(25)17-20)26-16-8-7-15-23(26,18-9-3-1-4-10-18)19-11-5-2-6-12-19;2*1-2-4-5-3-1;/h2*1-6,9-14H,7-8,15-16H2;2*1-3H,4H2;. The molecule has 2 aliphatic heterocycles. The summed E-state index contributed by atoms with van der Waals surface area (Å²) in [5, 5.41) is 0. The van der Waals surface area contributed by atoms with E-state index in [0.29, 0.717) is 46.5 Å². The van der Waals surface area contributed by atoms with Gasteiger partial charge in [-0.15, -0.1) is 0 Å². The molecule has 10 rings (SSSR count). The van der Waals surface area contributed by atoms with Crippen LogP contribution in [0.4, 0.5) is 28.9 Å². The molecule has 0 bridgehead atoms. The predicted octanol–water partition coefficient (Wildman–Crippen LogP) is 12.9. The molecule has 0 N–H and O–H groups in total. The molecule has 0 saturated carbocycles. The van der Waals surface area contributed by atoms with Crippen molar-refractivity contribution in [3.63, 3.8) is 0 Å². The molecule has 6 aromatic carbocycles. The van der Waals surface area contributed by atoms with Crippen LogP contribution in [-0.4, -0.2) is 13.1 Å². The molecule has 2 heterocycles. The minimum absolute atomic E-state index is 0.177. The van der Waals surface area contributed by atoms with E-state index in [0.717, 1.165) is 47.9 Å². The van der Waals surface area contributed by atoms with Gasteiger partial charge in [0.25, 0.3) is 0 Å². The first kappa shape index (κ1) is 41.3. The number of hydrogen-bond donors (Lipinski definition) is 0. The number of allylic oxidation sites excluding steroid dienone is 8. The molecule has 0 amide bonds. The fourth-order valence-electron chi connectivity index (χ4n) is 11.6. The monoisotopic (exact) mass is 874 g/mol. The first-order valence-corrected chi connectivity index (χ1v) is 25.5. The summed E-state index contributed by atoms with van der Waals surface area (Å²) >= 11 is -5.27. The second-order valence-electron chi connectivity index (χ2n) is 17.3. The van der Waals surface area contributed by atoms with E-state index in [4.69, 9.17) is 0 Å². The molecule has 2 aliphatic carbocycles. The zero-order chi connectivity index (χ0) is 43.0. The van der Waals surface area contributed by atoms with Crippen molar-refractivity contribution in [1.29, 1.82) is 0 Å². The van der Waals surface area contributed by atoms with Gasteiger partial charge in [0.15, 0.2) is 0 Å². The van der Waals surface area contributed by atoms with Gasteiger partial charge in [0.2, 0.25) is 0 Å². The Labute approximate surface area is 372 Å². The molecular weight excluding hydrogens is 824 g/mol.